The number of hydrogen-bond donors (Lipinski definition) is 0. The fraction of sp³-hybridized carbons (Fsp3) is 0.196. The first-order valence-corrected chi connectivity index (χ1v) is 22.0. The van der Waals surface area contributed by atoms with Gasteiger partial charge in [-0.25, -0.2) is 4.79 Å². The van der Waals surface area contributed by atoms with Gasteiger partial charge in [0.25, 0.3) is 0 Å². The largest absolute Gasteiger partial charge is 0.419 e. The molecule has 7 rings (SSSR count). The van der Waals surface area contributed by atoms with E-state index in [4.69, 9.17) is 4.74 Å². The van der Waals surface area contributed by atoms with E-state index in [2.05, 4.69) is 4.98 Å². The maximum atomic E-state index is 14.2. The average Bonchev–Trinajstić information content (AvgIpc) is 3.32. The van der Waals surface area contributed by atoms with Crippen molar-refractivity contribution in [1.82, 2.24) is 4.98 Å². The van der Waals surface area contributed by atoms with E-state index in [0.717, 1.165) is 11.1 Å². The minimum atomic E-state index is -6.13. The maximum Gasteiger partial charge on any atom is 0.416 e. The van der Waals surface area contributed by atoms with Gasteiger partial charge < -0.3 is 4.74 Å². The molecule has 0 fully saturated rings. The van der Waals surface area contributed by atoms with Crippen molar-refractivity contribution in [3.63, 3.8) is 0 Å². The lowest BCUT2D eigenvalue weighted by Crippen LogP contribution is -2.75. The van der Waals surface area contributed by atoms with E-state index in [9.17, 15) is 110 Å². The summed E-state index contributed by atoms with van der Waals surface area (Å²) in [7, 11) is 0. The summed E-state index contributed by atoms with van der Waals surface area (Å²) in [5.74, 6) is 0.116. The molecular weight excluding hydrogens is 1140 g/mol. The van der Waals surface area contributed by atoms with Gasteiger partial charge in [0.15, 0.2) is 12.7 Å². The Morgan fingerprint density at radius 1 is 0.425 bits per heavy atom. The zero-order valence-electron chi connectivity index (χ0n) is 39.4. The molecule has 80 heavy (non-hydrogen) atoms. The molecule has 0 aliphatic heterocycles. The van der Waals surface area contributed by atoms with E-state index in [1.54, 1.807) is 18.5 Å². The Balaban J connectivity index is 0.000000370. The molecule has 29 heteroatoms. The number of benzene rings is 6. The summed E-state index contributed by atoms with van der Waals surface area (Å²) in [6.07, 6.45) is -49.8. The van der Waals surface area contributed by atoms with Crippen molar-refractivity contribution in [1.29, 1.82) is 0 Å². The predicted molar refractivity (Wildman–Crippen MR) is 236 cm³/mol. The van der Waals surface area contributed by atoms with Crippen LogP contribution in [0.2, 0.25) is 0 Å². The SMILES string of the molecule is Cc1cccc(OC(=O)c2cncc[n+]2Cc2ccccc2)c1.FC(F)(F)c1cc([B-](c2cc(C(F)(F)F)cc(C(F)(F)F)c2)(c2cc(C(F)(F)F)cc(C(F)(F)F)c2)c2cc(C(F)(F)F)cc(C(F)(F)F)c2)cc(C(F)(F)F)c1. The summed E-state index contributed by atoms with van der Waals surface area (Å²) in [5, 5.41) is 0. The number of hydrogen-bond acceptors (Lipinski definition) is 3. The van der Waals surface area contributed by atoms with Crippen LogP contribution < -0.4 is 31.2 Å². The number of alkyl halides is 24. The molecule has 426 valence electrons. The number of esters is 1. The Bertz CT molecular complexity index is 2940. The van der Waals surface area contributed by atoms with Crippen molar-refractivity contribution in [3.05, 3.63) is 207 Å². The van der Waals surface area contributed by atoms with Crippen molar-refractivity contribution in [2.45, 2.75) is 62.9 Å². The molecule has 0 unspecified atom stereocenters. The molecule has 0 radical (unpaired) electrons. The summed E-state index contributed by atoms with van der Waals surface area (Å²) in [4.78, 5) is 16.5. The van der Waals surface area contributed by atoms with E-state index in [1.807, 2.05) is 60.0 Å². The summed E-state index contributed by atoms with van der Waals surface area (Å²) in [6, 6.07) is 8.55. The number of halogens is 24. The first-order valence-electron chi connectivity index (χ1n) is 22.0. The number of nitrogens with zero attached hydrogens (tertiary/aromatic N) is 2. The van der Waals surface area contributed by atoms with E-state index < -0.39 is 201 Å². The van der Waals surface area contributed by atoms with Crippen LogP contribution in [0.15, 0.2) is 146 Å². The van der Waals surface area contributed by atoms with Crippen LogP contribution in [0.5, 0.6) is 5.75 Å². The van der Waals surface area contributed by atoms with Crippen molar-refractivity contribution in [2.75, 3.05) is 0 Å². The zero-order valence-corrected chi connectivity index (χ0v) is 39.4. The highest BCUT2D eigenvalue weighted by molar-refractivity contribution is 7.20. The fourth-order valence-corrected chi connectivity index (χ4v) is 8.38. The second-order valence-electron chi connectivity index (χ2n) is 17.5. The van der Waals surface area contributed by atoms with Gasteiger partial charge in [0, 0.05) is 5.56 Å². The topological polar surface area (TPSA) is 43.1 Å². The molecule has 0 amide bonds. The Hall–Kier alpha value is -7.75. The number of aryl methyl sites for hydroxylation is 1. The Morgan fingerprint density at radius 3 is 1.02 bits per heavy atom. The number of carbonyl (C=O) groups is 1. The zero-order chi connectivity index (χ0) is 60.0. The van der Waals surface area contributed by atoms with Crippen molar-refractivity contribution >= 4 is 34.0 Å². The Morgan fingerprint density at radius 2 is 0.738 bits per heavy atom. The normalized spacial score (nSPS) is 13.2. The molecule has 0 atom stereocenters. The monoisotopic (exact) mass is 1170 g/mol. The molecule has 0 saturated carbocycles. The van der Waals surface area contributed by atoms with Crippen LogP contribution in [-0.4, -0.2) is 17.1 Å². The van der Waals surface area contributed by atoms with Crippen LogP contribution >= 0.6 is 0 Å². The summed E-state index contributed by atoms with van der Waals surface area (Å²) in [6.45, 7) is 2.54. The van der Waals surface area contributed by atoms with Gasteiger partial charge in [-0.05, 0) is 48.9 Å². The quantitative estimate of drug-likeness (QED) is 0.0501. The lowest BCUT2D eigenvalue weighted by Gasteiger charge is -2.46. The van der Waals surface area contributed by atoms with Gasteiger partial charge in [0.2, 0.25) is 0 Å². The minimum absolute atomic E-state index is 0.415. The fourth-order valence-electron chi connectivity index (χ4n) is 8.38. The highest BCUT2D eigenvalue weighted by Gasteiger charge is 2.47. The van der Waals surface area contributed by atoms with Gasteiger partial charge in [-0.3, -0.25) is 4.98 Å². The maximum absolute atomic E-state index is 14.2. The first-order chi connectivity index (χ1) is 36.5. The summed E-state index contributed by atoms with van der Waals surface area (Å²) in [5.41, 5.74) is -27.6. The van der Waals surface area contributed by atoms with Crippen molar-refractivity contribution in [3.8, 4) is 5.75 Å². The third-order valence-electron chi connectivity index (χ3n) is 11.9. The van der Waals surface area contributed by atoms with Crippen LogP contribution in [0.1, 0.15) is 66.1 Å². The van der Waals surface area contributed by atoms with E-state index in [0.29, 0.717) is 18.0 Å². The Labute approximate surface area is 433 Å². The molecule has 1 heterocycles. The number of rotatable bonds is 8. The second kappa shape index (κ2) is 21.7. The van der Waals surface area contributed by atoms with E-state index >= 15 is 0 Å². The summed E-state index contributed by atoms with van der Waals surface area (Å²) < 4.78 is 348. The van der Waals surface area contributed by atoms with Gasteiger partial charge in [-0.1, -0.05) is 91.0 Å². The Kier molecular flexibility index (Phi) is 16.7. The van der Waals surface area contributed by atoms with Crippen LogP contribution in [0.25, 0.3) is 0 Å². The second-order valence-corrected chi connectivity index (χ2v) is 17.5. The third kappa shape index (κ3) is 14.3. The highest BCUT2D eigenvalue weighted by atomic mass is 19.4. The molecule has 0 aliphatic carbocycles. The lowest BCUT2D eigenvalue weighted by molar-refractivity contribution is -0.691. The number of aromatic nitrogens is 2. The molecule has 0 N–H and O–H groups in total. The first kappa shape index (κ1) is 61.5. The average molecular weight is 1170 g/mol. The van der Waals surface area contributed by atoms with E-state index in [1.165, 1.54) is 6.20 Å². The van der Waals surface area contributed by atoms with Gasteiger partial charge in [0.05, 0.1) is 50.7 Å². The molecule has 4 nitrogen and oxygen atoms in total. The van der Waals surface area contributed by atoms with Crippen molar-refractivity contribution in [2.24, 2.45) is 0 Å². The minimum Gasteiger partial charge on any atom is -0.419 e. The van der Waals surface area contributed by atoms with Gasteiger partial charge in [-0.15, -0.1) is 0 Å². The third-order valence-corrected chi connectivity index (χ3v) is 11.9. The lowest BCUT2D eigenvalue weighted by atomic mass is 9.12. The molecule has 0 bridgehead atoms. The van der Waals surface area contributed by atoms with Gasteiger partial charge >= 0.3 is 61.1 Å². The van der Waals surface area contributed by atoms with Gasteiger partial charge in [0.1, 0.15) is 18.1 Å². The standard InChI is InChI=1S/C32H12BF24.C19H17N2O2/c34-25(35,36)13-1-14(26(37,38)39)6-21(5-13)33(22-7-15(27(40,41)42)2-16(8-22)28(43,44)45,23-9-17(29(46,47)48)3-18(10-23)30(49,50)51)24-11-19(31(52,53)54)4-20(12-24)32(55,56)57;1-15-6-5-9-17(12-15)23-19(22)18-13-20-10-11-21(18)14-16-7-3-2-4-8-16/h1-12H;2-13H,14H2,1H3/q-1;+1. The molecular formula is C51H29BF24N2O2. The molecule has 6 aromatic carbocycles. The molecule has 0 saturated heterocycles. The molecule has 7 aromatic rings. The molecule has 0 spiro atoms. The smallest absolute Gasteiger partial charge is 0.416 e. The van der Waals surface area contributed by atoms with Crippen LogP contribution in [-0.2, 0) is 56.0 Å². The van der Waals surface area contributed by atoms with Crippen LogP contribution in [0.3, 0.4) is 0 Å². The molecule has 1 aromatic heterocycles. The molecule has 0 aliphatic rings. The number of carbonyl (C=O) groups excluding carboxylic acids is 1. The van der Waals surface area contributed by atoms with Crippen LogP contribution in [0.4, 0.5) is 105 Å². The predicted octanol–water partition coefficient (Wildman–Crippen LogP) is 14.2. The highest BCUT2D eigenvalue weighted by Crippen LogP contribution is 2.41. The van der Waals surface area contributed by atoms with Crippen molar-refractivity contribution < 1.29 is 119 Å². The van der Waals surface area contributed by atoms with Crippen LogP contribution in [0, 0.1) is 6.92 Å². The van der Waals surface area contributed by atoms with Gasteiger partial charge in [-0.2, -0.15) is 132 Å². The summed E-state index contributed by atoms with van der Waals surface area (Å²) >= 11 is 0. The number of ether oxygens (including phenoxy) is 1. The van der Waals surface area contributed by atoms with E-state index in [-0.39, 0.29) is 0 Å².